The number of allylic oxidation sites excluding steroid dienone is 2. The maximum absolute atomic E-state index is 5.64. The summed E-state index contributed by atoms with van der Waals surface area (Å²) in [7, 11) is 0. The van der Waals surface area contributed by atoms with Crippen molar-refractivity contribution in [1.82, 2.24) is 0 Å². The highest BCUT2D eigenvalue weighted by Gasteiger charge is 2.10. The Morgan fingerprint density at radius 1 is 0.923 bits per heavy atom. The molecule has 0 saturated heterocycles. The molecule has 1 heteroatoms. The van der Waals surface area contributed by atoms with Gasteiger partial charge in [-0.15, -0.1) is 0 Å². The van der Waals surface area contributed by atoms with Crippen LogP contribution in [0.25, 0.3) is 11.1 Å². The van der Waals surface area contributed by atoms with Gasteiger partial charge >= 0.3 is 0 Å². The lowest BCUT2D eigenvalue weighted by molar-refractivity contribution is 0.317. The summed E-state index contributed by atoms with van der Waals surface area (Å²) in [6.45, 7) is 5.16. The van der Waals surface area contributed by atoms with Crippen molar-refractivity contribution in [3.63, 3.8) is 0 Å². The van der Waals surface area contributed by atoms with Crippen molar-refractivity contribution in [2.45, 2.75) is 46.0 Å². The molecule has 1 aliphatic rings. The molecule has 0 saturated carbocycles. The fourth-order valence-corrected chi connectivity index (χ4v) is 3.23. The lowest BCUT2D eigenvalue weighted by atomic mass is 9.88. The van der Waals surface area contributed by atoms with Gasteiger partial charge in [0.05, 0.1) is 6.61 Å². The Balaban J connectivity index is 1.64. The molecule has 1 atom stereocenters. The second kappa shape index (κ2) is 9.30. The summed E-state index contributed by atoms with van der Waals surface area (Å²) in [4.78, 5) is 0. The van der Waals surface area contributed by atoms with E-state index in [-0.39, 0.29) is 0 Å². The molecular formula is C25H28O. The van der Waals surface area contributed by atoms with E-state index in [4.69, 9.17) is 4.74 Å². The van der Waals surface area contributed by atoms with Crippen LogP contribution >= 0.6 is 0 Å². The molecule has 0 fully saturated rings. The molecule has 1 unspecified atom stereocenters. The van der Waals surface area contributed by atoms with Gasteiger partial charge in [-0.05, 0) is 72.6 Å². The SMILES string of the molecule is CCCOc1ccc(-c2ccc(C#CC3=CCC(CC)CC3)cc2)cc1. The minimum atomic E-state index is 0.766. The van der Waals surface area contributed by atoms with Crippen LogP contribution in [-0.4, -0.2) is 6.61 Å². The average Bonchev–Trinajstić information content (AvgIpc) is 2.72. The fraction of sp³-hybridized carbons (Fsp3) is 0.360. The molecule has 0 N–H and O–H groups in total. The Morgan fingerprint density at radius 3 is 2.19 bits per heavy atom. The maximum atomic E-state index is 5.64. The Morgan fingerprint density at radius 2 is 1.62 bits per heavy atom. The van der Waals surface area contributed by atoms with E-state index in [2.05, 4.69) is 68.2 Å². The van der Waals surface area contributed by atoms with Crippen LogP contribution in [0.4, 0.5) is 0 Å². The topological polar surface area (TPSA) is 9.23 Å². The minimum absolute atomic E-state index is 0.766. The first-order valence-corrected chi connectivity index (χ1v) is 9.82. The summed E-state index contributed by atoms with van der Waals surface area (Å²) < 4.78 is 5.64. The summed E-state index contributed by atoms with van der Waals surface area (Å²) in [5.41, 5.74) is 4.80. The molecule has 26 heavy (non-hydrogen) atoms. The van der Waals surface area contributed by atoms with Crippen molar-refractivity contribution in [2.24, 2.45) is 5.92 Å². The summed E-state index contributed by atoms with van der Waals surface area (Å²) in [6, 6.07) is 16.8. The smallest absolute Gasteiger partial charge is 0.119 e. The molecule has 0 amide bonds. The number of benzene rings is 2. The van der Waals surface area contributed by atoms with Crippen LogP contribution in [0.5, 0.6) is 5.75 Å². The third kappa shape index (κ3) is 5.02. The molecule has 1 aliphatic carbocycles. The zero-order valence-electron chi connectivity index (χ0n) is 15.9. The van der Waals surface area contributed by atoms with Crippen LogP contribution in [-0.2, 0) is 0 Å². The van der Waals surface area contributed by atoms with Gasteiger partial charge in [0.25, 0.3) is 0 Å². The quantitative estimate of drug-likeness (QED) is 0.553. The zero-order chi connectivity index (χ0) is 18.2. The van der Waals surface area contributed by atoms with Crippen LogP contribution in [0.2, 0.25) is 0 Å². The second-order valence-electron chi connectivity index (χ2n) is 6.98. The molecular weight excluding hydrogens is 316 g/mol. The summed E-state index contributed by atoms with van der Waals surface area (Å²) in [6.07, 6.45) is 8.26. The summed E-state index contributed by atoms with van der Waals surface area (Å²) in [5, 5.41) is 0. The maximum Gasteiger partial charge on any atom is 0.119 e. The first-order valence-electron chi connectivity index (χ1n) is 9.82. The predicted octanol–water partition coefficient (Wildman–Crippen LogP) is 6.63. The van der Waals surface area contributed by atoms with Gasteiger partial charge in [0, 0.05) is 5.56 Å². The van der Waals surface area contributed by atoms with Crippen molar-refractivity contribution >= 4 is 0 Å². The van der Waals surface area contributed by atoms with Gasteiger partial charge in [0.15, 0.2) is 0 Å². The fourth-order valence-electron chi connectivity index (χ4n) is 3.23. The summed E-state index contributed by atoms with van der Waals surface area (Å²) >= 11 is 0. The van der Waals surface area contributed by atoms with Crippen molar-refractivity contribution in [3.8, 4) is 28.7 Å². The number of ether oxygens (including phenoxy) is 1. The molecule has 0 bridgehead atoms. The standard InChI is InChI=1S/C25H28O/c1-3-19-26-25-17-15-24(16-18-25)23-13-11-22(12-14-23)10-9-21-7-5-20(4-2)6-8-21/h7,11-18,20H,3-6,8,19H2,1-2H3. The Bertz CT molecular complexity index is 785. The van der Waals surface area contributed by atoms with Gasteiger partial charge in [0.1, 0.15) is 5.75 Å². The largest absolute Gasteiger partial charge is 0.494 e. The Hall–Kier alpha value is -2.46. The molecule has 3 rings (SSSR count). The van der Waals surface area contributed by atoms with E-state index in [1.54, 1.807) is 0 Å². The third-order valence-corrected chi connectivity index (χ3v) is 5.01. The third-order valence-electron chi connectivity index (χ3n) is 5.01. The molecule has 0 spiro atoms. The zero-order valence-corrected chi connectivity index (χ0v) is 15.9. The van der Waals surface area contributed by atoms with Gasteiger partial charge in [-0.3, -0.25) is 0 Å². The highest BCUT2D eigenvalue weighted by atomic mass is 16.5. The highest BCUT2D eigenvalue weighted by molar-refractivity contribution is 5.65. The van der Waals surface area contributed by atoms with E-state index in [0.717, 1.165) is 36.7 Å². The molecule has 0 aromatic heterocycles. The van der Waals surface area contributed by atoms with Crippen molar-refractivity contribution in [2.75, 3.05) is 6.61 Å². The molecule has 134 valence electrons. The lowest BCUT2D eigenvalue weighted by Gasteiger charge is -2.17. The molecule has 1 nitrogen and oxygen atoms in total. The van der Waals surface area contributed by atoms with E-state index in [1.807, 2.05) is 12.1 Å². The van der Waals surface area contributed by atoms with Gasteiger partial charge in [0.2, 0.25) is 0 Å². The molecule has 0 radical (unpaired) electrons. The van der Waals surface area contributed by atoms with Gasteiger partial charge in [-0.1, -0.05) is 62.5 Å². The first-order chi connectivity index (χ1) is 12.8. The van der Waals surface area contributed by atoms with Crippen LogP contribution in [0.15, 0.2) is 60.2 Å². The van der Waals surface area contributed by atoms with Gasteiger partial charge in [-0.25, -0.2) is 0 Å². The average molecular weight is 344 g/mol. The molecule has 2 aromatic rings. The van der Waals surface area contributed by atoms with Gasteiger partial charge < -0.3 is 4.74 Å². The normalized spacial score (nSPS) is 16.4. The van der Waals surface area contributed by atoms with E-state index < -0.39 is 0 Å². The van der Waals surface area contributed by atoms with Crippen LogP contribution < -0.4 is 4.74 Å². The molecule has 2 aromatic carbocycles. The Labute approximate surface area is 158 Å². The lowest BCUT2D eigenvalue weighted by Crippen LogP contribution is -2.03. The van der Waals surface area contributed by atoms with Crippen molar-refractivity contribution < 1.29 is 4.74 Å². The number of rotatable bonds is 5. The molecule has 0 heterocycles. The van der Waals surface area contributed by atoms with E-state index >= 15 is 0 Å². The predicted molar refractivity (Wildman–Crippen MR) is 110 cm³/mol. The monoisotopic (exact) mass is 344 g/mol. The van der Waals surface area contributed by atoms with Crippen LogP contribution in [0.3, 0.4) is 0 Å². The minimum Gasteiger partial charge on any atom is -0.494 e. The van der Waals surface area contributed by atoms with Crippen molar-refractivity contribution in [3.05, 3.63) is 65.7 Å². The van der Waals surface area contributed by atoms with Crippen LogP contribution in [0, 0.1) is 17.8 Å². The number of hydrogen-bond acceptors (Lipinski definition) is 1. The number of hydrogen-bond donors (Lipinski definition) is 0. The van der Waals surface area contributed by atoms with Gasteiger partial charge in [-0.2, -0.15) is 0 Å². The van der Waals surface area contributed by atoms with Crippen LogP contribution in [0.1, 0.15) is 51.5 Å². The van der Waals surface area contributed by atoms with E-state index in [9.17, 15) is 0 Å². The Kier molecular flexibility index (Phi) is 6.56. The first kappa shape index (κ1) is 18.3. The van der Waals surface area contributed by atoms with E-state index in [1.165, 1.54) is 36.0 Å². The van der Waals surface area contributed by atoms with Crippen molar-refractivity contribution in [1.29, 1.82) is 0 Å². The second-order valence-corrected chi connectivity index (χ2v) is 6.98. The van der Waals surface area contributed by atoms with E-state index in [0.29, 0.717) is 0 Å². The highest BCUT2D eigenvalue weighted by Crippen LogP contribution is 2.26. The summed E-state index contributed by atoms with van der Waals surface area (Å²) in [5.74, 6) is 8.48. The molecule has 0 aliphatic heterocycles.